The van der Waals surface area contributed by atoms with Gasteiger partial charge in [-0.1, -0.05) is 18.2 Å². The minimum absolute atomic E-state index is 0.0553. The molecular formula is C20H24F3NO3. The lowest BCUT2D eigenvalue weighted by molar-refractivity contribution is -0.146. The molecule has 148 valence electrons. The maximum absolute atomic E-state index is 13.5. The number of halogens is 3. The Bertz CT molecular complexity index is 696. The van der Waals surface area contributed by atoms with Crippen molar-refractivity contribution in [1.82, 2.24) is 4.90 Å². The highest BCUT2D eigenvalue weighted by atomic mass is 19.4. The van der Waals surface area contributed by atoms with Crippen molar-refractivity contribution in [2.75, 3.05) is 32.9 Å². The normalized spacial score (nSPS) is 26.0. The molecule has 1 saturated carbocycles. The van der Waals surface area contributed by atoms with Crippen molar-refractivity contribution in [3.05, 3.63) is 35.4 Å². The molecule has 1 atom stereocenters. The molecule has 1 amide bonds. The number of carbonyl (C=O) groups is 1. The van der Waals surface area contributed by atoms with Crippen LogP contribution in [0.15, 0.2) is 24.3 Å². The van der Waals surface area contributed by atoms with Crippen molar-refractivity contribution in [3.8, 4) is 0 Å². The van der Waals surface area contributed by atoms with Gasteiger partial charge in [-0.25, -0.2) is 0 Å². The maximum atomic E-state index is 13.5. The van der Waals surface area contributed by atoms with E-state index >= 15 is 0 Å². The van der Waals surface area contributed by atoms with Gasteiger partial charge in [-0.3, -0.25) is 4.79 Å². The van der Waals surface area contributed by atoms with E-state index in [1.807, 2.05) is 0 Å². The van der Waals surface area contributed by atoms with Crippen LogP contribution in [0.25, 0.3) is 0 Å². The van der Waals surface area contributed by atoms with E-state index in [2.05, 4.69) is 0 Å². The highest BCUT2D eigenvalue weighted by Gasteiger charge is 2.56. The Kier molecular flexibility index (Phi) is 4.93. The van der Waals surface area contributed by atoms with Gasteiger partial charge in [-0.15, -0.1) is 0 Å². The summed E-state index contributed by atoms with van der Waals surface area (Å²) in [4.78, 5) is 15.0. The van der Waals surface area contributed by atoms with E-state index in [4.69, 9.17) is 9.47 Å². The van der Waals surface area contributed by atoms with E-state index in [0.717, 1.165) is 18.9 Å². The third-order valence-electron chi connectivity index (χ3n) is 6.08. The first-order chi connectivity index (χ1) is 12.9. The van der Waals surface area contributed by atoms with E-state index in [-0.39, 0.29) is 17.6 Å². The fourth-order valence-corrected chi connectivity index (χ4v) is 4.41. The van der Waals surface area contributed by atoms with Gasteiger partial charge >= 0.3 is 6.18 Å². The Morgan fingerprint density at radius 3 is 2.48 bits per heavy atom. The summed E-state index contributed by atoms with van der Waals surface area (Å²) in [6.07, 6.45) is -1.78. The molecule has 27 heavy (non-hydrogen) atoms. The number of hydrogen-bond donors (Lipinski definition) is 0. The van der Waals surface area contributed by atoms with Crippen LogP contribution in [0.1, 0.15) is 36.8 Å². The second-order valence-corrected chi connectivity index (χ2v) is 7.74. The molecule has 2 heterocycles. The largest absolute Gasteiger partial charge is 0.416 e. The Morgan fingerprint density at radius 2 is 1.81 bits per heavy atom. The van der Waals surface area contributed by atoms with Crippen molar-refractivity contribution >= 4 is 5.91 Å². The number of carbonyl (C=O) groups excluding carboxylic acids is 1. The lowest BCUT2D eigenvalue weighted by Gasteiger charge is -2.40. The molecule has 1 aliphatic carbocycles. The van der Waals surface area contributed by atoms with E-state index in [1.54, 1.807) is 11.0 Å². The highest BCUT2D eigenvalue weighted by molar-refractivity contribution is 5.92. The maximum Gasteiger partial charge on any atom is 0.416 e. The van der Waals surface area contributed by atoms with Gasteiger partial charge in [0.05, 0.1) is 23.7 Å². The number of benzene rings is 1. The fourth-order valence-electron chi connectivity index (χ4n) is 4.41. The van der Waals surface area contributed by atoms with Crippen molar-refractivity contribution in [3.63, 3.8) is 0 Å². The molecule has 3 aliphatic rings. The zero-order valence-corrected chi connectivity index (χ0v) is 15.1. The average Bonchev–Trinajstić information content (AvgIpc) is 3.49. The van der Waals surface area contributed by atoms with Crippen molar-refractivity contribution in [2.24, 2.45) is 5.92 Å². The van der Waals surface area contributed by atoms with Crippen LogP contribution in [0.2, 0.25) is 0 Å². The van der Waals surface area contributed by atoms with Gasteiger partial charge < -0.3 is 14.4 Å². The van der Waals surface area contributed by atoms with Gasteiger partial charge in [-0.2, -0.15) is 13.2 Å². The first-order valence-corrected chi connectivity index (χ1v) is 9.57. The van der Waals surface area contributed by atoms with Gasteiger partial charge in [0.1, 0.15) is 0 Å². The zero-order valence-electron chi connectivity index (χ0n) is 15.1. The van der Waals surface area contributed by atoms with E-state index in [9.17, 15) is 18.0 Å². The average molecular weight is 383 g/mol. The van der Waals surface area contributed by atoms with Crippen LogP contribution in [-0.2, 0) is 25.9 Å². The second kappa shape index (κ2) is 7.09. The number of nitrogens with zero attached hydrogens (tertiary/aromatic N) is 1. The SMILES string of the molecule is O=C(N1CCOC(C2CCOCC2)C1)C1(c2ccccc2C(F)(F)F)CC1. The monoisotopic (exact) mass is 383 g/mol. The molecule has 0 bridgehead atoms. The van der Waals surface area contributed by atoms with Gasteiger partial charge in [0.25, 0.3) is 0 Å². The van der Waals surface area contributed by atoms with Crippen molar-refractivity contribution in [2.45, 2.75) is 43.4 Å². The number of alkyl halides is 3. The Balaban J connectivity index is 1.54. The Hall–Kier alpha value is -1.60. The fraction of sp³-hybridized carbons (Fsp3) is 0.650. The van der Waals surface area contributed by atoms with Crippen LogP contribution in [0.4, 0.5) is 13.2 Å². The topological polar surface area (TPSA) is 38.8 Å². The molecule has 0 radical (unpaired) electrons. The Labute approximate surface area is 156 Å². The van der Waals surface area contributed by atoms with Crippen molar-refractivity contribution in [1.29, 1.82) is 0 Å². The summed E-state index contributed by atoms with van der Waals surface area (Å²) < 4.78 is 51.7. The number of morpholine rings is 1. The quantitative estimate of drug-likeness (QED) is 0.803. The predicted molar refractivity (Wildman–Crippen MR) is 92.2 cm³/mol. The second-order valence-electron chi connectivity index (χ2n) is 7.74. The van der Waals surface area contributed by atoms with Crippen molar-refractivity contribution < 1.29 is 27.4 Å². The molecule has 1 unspecified atom stereocenters. The number of hydrogen-bond acceptors (Lipinski definition) is 3. The predicted octanol–water partition coefficient (Wildman–Crippen LogP) is 3.39. The van der Waals surface area contributed by atoms with E-state index in [1.165, 1.54) is 12.1 Å². The molecule has 2 saturated heterocycles. The first-order valence-electron chi connectivity index (χ1n) is 9.57. The van der Waals surface area contributed by atoms with Crippen LogP contribution in [-0.4, -0.2) is 49.8 Å². The summed E-state index contributed by atoms with van der Waals surface area (Å²) in [6, 6.07) is 5.50. The van der Waals surface area contributed by atoms with Gasteiger partial charge in [0, 0.05) is 26.3 Å². The summed E-state index contributed by atoms with van der Waals surface area (Å²) in [7, 11) is 0. The van der Waals surface area contributed by atoms with Gasteiger partial charge in [-0.05, 0) is 43.2 Å². The lowest BCUT2D eigenvalue weighted by atomic mass is 9.88. The molecule has 2 aliphatic heterocycles. The van der Waals surface area contributed by atoms with Gasteiger partial charge in [0.15, 0.2) is 0 Å². The minimum Gasteiger partial charge on any atom is -0.381 e. The molecule has 0 spiro atoms. The summed E-state index contributed by atoms with van der Waals surface area (Å²) in [5.74, 6) is 0.159. The molecule has 7 heteroatoms. The van der Waals surface area contributed by atoms with Crippen LogP contribution < -0.4 is 0 Å². The molecule has 0 N–H and O–H groups in total. The van der Waals surface area contributed by atoms with E-state index in [0.29, 0.717) is 51.7 Å². The van der Waals surface area contributed by atoms with E-state index < -0.39 is 17.2 Å². The standard InChI is InChI=1S/C20H24F3NO3/c21-20(22,23)16-4-2-1-3-15(16)19(7-8-19)18(25)24-9-12-27-17(13-24)14-5-10-26-11-6-14/h1-4,14,17H,5-13H2. The summed E-state index contributed by atoms with van der Waals surface area (Å²) in [5.41, 5.74) is -1.59. The van der Waals surface area contributed by atoms with Crippen LogP contribution >= 0.6 is 0 Å². The smallest absolute Gasteiger partial charge is 0.381 e. The minimum atomic E-state index is -4.46. The Morgan fingerprint density at radius 1 is 1.11 bits per heavy atom. The third kappa shape index (κ3) is 3.59. The zero-order chi connectivity index (χ0) is 19.1. The molecule has 3 fully saturated rings. The summed E-state index contributed by atoms with van der Waals surface area (Å²) in [6.45, 7) is 2.72. The number of amides is 1. The molecule has 4 rings (SSSR count). The number of ether oxygens (including phenoxy) is 2. The molecule has 1 aromatic rings. The van der Waals surface area contributed by atoms with Crippen LogP contribution in [0.5, 0.6) is 0 Å². The molecular weight excluding hydrogens is 359 g/mol. The first kappa shape index (κ1) is 18.7. The van der Waals surface area contributed by atoms with Crippen LogP contribution in [0.3, 0.4) is 0 Å². The molecule has 4 nitrogen and oxygen atoms in total. The highest BCUT2D eigenvalue weighted by Crippen LogP contribution is 2.53. The summed E-state index contributed by atoms with van der Waals surface area (Å²) >= 11 is 0. The third-order valence-corrected chi connectivity index (χ3v) is 6.08. The van der Waals surface area contributed by atoms with Crippen LogP contribution in [0, 0.1) is 5.92 Å². The molecule has 1 aromatic carbocycles. The number of rotatable bonds is 3. The lowest BCUT2D eigenvalue weighted by Crippen LogP contribution is -2.52. The van der Waals surface area contributed by atoms with Gasteiger partial charge in [0.2, 0.25) is 5.91 Å². The summed E-state index contributed by atoms with van der Waals surface area (Å²) in [5, 5.41) is 0. The molecule has 0 aromatic heterocycles.